The van der Waals surface area contributed by atoms with Gasteiger partial charge in [-0.25, -0.2) is 0 Å². The molecular weight excluding hydrogens is 868 g/mol. The van der Waals surface area contributed by atoms with Crippen LogP contribution in [0.3, 0.4) is 0 Å². The molecule has 0 atom stereocenters. The van der Waals surface area contributed by atoms with E-state index in [0.717, 1.165) is 84.7 Å². The normalized spacial score (nSPS) is 13.1. The molecule has 4 aliphatic heterocycles. The number of rotatable bonds is 7. The number of nitrogens with zero attached hydrogens (tertiary/aromatic N) is 1. The number of hydrogen-bond donors (Lipinski definition) is 0. The molecule has 318 valence electrons. The first-order chi connectivity index (χ1) is 33.7. The smallest absolute Gasteiger partial charge is 0.253 e. The molecule has 10 aromatic carbocycles. The Morgan fingerprint density at radius 2 is 0.824 bits per heavy atom. The predicted molar refractivity (Wildman–Crippen MR) is 282 cm³/mol. The van der Waals surface area contributed by atoms with Gasteiger partial charge < -0.3 is 19.1 Å². The second-order valence-electron chi connectivity index (χ2n) is 17.5. The highest BCUT2D eigenvalue weighted by molar-refractivity contribution is 8.00. The standard InChI is InChI=1S/C60H37B2NO3S2/c1-4-16-40(17-5-1)63(41-18-6-2-7-19-41)42-34-54-60-58(35-42)68-56-27-15-13-25-48(56)62(60)50-36-49-51(37-52(50)66-54)65-53-32-39(33-57-59(53)61(49)47-24-12-14-26-55(47)67-57)46-23-11-10-22-45(46)38-28-30-44(31-29-38)64-43-20-8-3-9-21-43/h1-37H. The summed E-state index contributed by atoms with van der Waals surface area (Å²) in [6.07, 6.45) is 0. The maximum atomic E-state index is 7.20. The van der Waals surface area contributed by atoms with E-state index in [1.165, 1.54) is 41.4 Å². The Bertz CT molecular complexity index is 3590. The molecule has 0 aliphatic carbocycles. The van der Waals surface area contributed by atoms with E-state index >= 15 is 0 Å². The Morgan fingerprint density at radius 1 is 0.338 bits per heavy atom. The van der Waals surface area contributed by atoms with Gasteiger partial charge in [0.15, 0.2) is 0 Å². The van der Waals surface area contributed by atoms with Crippen LogP contribution in [-0.2, 0) is 0 Å². The first kappa shape index (κ1) is 39.4. The lowest BCUT2D eigenvalue weighted by Crippen LogP contribution is -2.61. The average Bonchev–Trinajstić information content (AvgIpc) is 3.39. The van der Waals surface area contributed by atoms with Crippen LogP contribution in [0.2, 0.25) is 0 Å². The summed E-state index contributed by atoms with van der Waals surface area (Å²) in [6.45, 7) is -0.0379. The van der Waals surface area contributed by atoms with Crippen molar-refractivity contribution in [3.63, 3.8) is 0 Å². The maximum absolute atomic E-state index is 7.20. The Hall–Kier alpha value is -7.77. The first-order valence-corrected chi connectivity index (χ1v) is 24.6. The molecule has 0 N–H and O–H groups in total. The van der Waals surface area contributed by atoms with Gasteiger partial charge in [0.05, 0.1) is 5.69 Å². The summed E-state index contributed by atoms with van der Waals surface area (Å²) in [5.74, 6) is 5.00. The van der Waals surface area contributed by atoms with Crippen molar-refractivity contribution in [1.82, 2.24) is 0 Å². The van der Waals surface area contributed by atoms with Crippen molar-refractivity contribution < 1.29 is 14.2 Å². The van der Waals surface area contributed by atoms with Crippen molar-refractivity contribution in [3.8, 4) is 56.8 Å². The highest BCUT2D eigenvalue weighted by atomic mass is 32.2. The third-order valence-corrected chi connectivity index (χ3v) is 15.8. The molecule has 0 spiro atoms. The molecular formula is C60H37B2NO3S2. The molecule has 4 aliphatic rings. The van der Waals surface area contributed by atoms with Gasteiger partial charge in [0.25, 0.3) is 13.4 Å². The van der Waals surface area contributed by atoms with Crippen LogP contribution in [0.4, 0.5) is 17.1 Å². The molecule has 0 aromatic heterocycles. The van der Waals surface area contributed by atoms with Gasteiger partial charge in [-0.3, -0.25) is 0 Å². The Balaban J connectivity index is 0.900. The number of anilines is 3. The fourth-order valence-corrected chi connectivity index (χ4v) is 13.0. The van der Waals surface area contributed by atoms with E-state index in [-0.39, 0.29) is 13.4 Å². The van der Waals surface area contributed by atoms with Crippen molar-refractivity contribution in [2.75, 3.05) is 4.90 Å². The molecule has 14 rings (SSSR count). The minimum atomic E-state index is -0.0191. The van der Waals surface area contributed by atoms with Crippen LogP contribution in [0.1, 0.15) is 0 Å². The molecule has 0 unspecified atom stereocenters. The zero-order valence-corrected chi connectivity index (χ0v) is 38.1. The zero-order valence-electron chi connectivity index (χ0n) is 36.5. The summed E-state index contributed by atoms with van der Waals surface area (Å²) >= 11 is 3.67. The van der Waals surface area contributed by atoms with Gasteiger partial charge >= 0.3 is 0 Å². The lowest BCUT2D eigenvalue weighted by molar-refractivity contribution is 0.464. The molecule has 0 saturated heterocycles. The van der Waals surface area contributed by atoms with Crippen LogP contribution in [-0.4, -0.2) is 13.4 Å². The second-order valence-corrected chi connectivity index (χ2v) is 19.7. The van der Waals surface area contributed by atoms with E-state index < -0.39 is 0 Å². The van der Waals surface area contributed by atoms with Gasteiger partial charge in [-0.15, -0.1) is 0 Å². The first-order valence-electron chi connectivity index (χ1n) is 22.9. The molecule has 0 fully saturated rings. The van der Waals surface area contributed by atoms with E-state index in [2.05, 4.69) is 187 Å². The molecule has 0 radical (unpaired) electrons. The topological polar surface area (TPSA) is 30.9 Å². The summed E-state index contributed by atoms with van der Waals surface area (Å²) < 4.78 is 20.6. The minimum absolute atomic E-state index is 0.0188. The highest BCUT2D eigenvalue weighted by Gasteiger charge is 2.44. The Morgan fingerprint density at radius 3 is 1.43 bits per heavy atom. The van der Waals surface area contributed by atoms with Crippen LogP contribution in [0.15, 0.2) is 244 Å². The van der Waals surface area contributed by atoms with Crippen molar-refractivity contribution in [1.29, 1.82) is 0 Å². The average molecular weight is 906 g/mol. The SMILES string of the molecule is c1ccc(Oc2ccc(-c3ccccc3-c3cc4c5c(c3)Sc3ccccc3B5c3cc5c(cc3O4)Oc3cc(N(c4ccccc4)c4ccccc4)cc4c3B5c3ccccc3S4)cc2)cc1. The summed E-state index contributed by atoms with van der Waals surface area (Å²) in [5.41, 5.74) is 15.1. The molecule has 10 aromatic rings. The van der Waals surface area contributed by atoms with Crippen molar-refractivity contribution >= 4 is 86.8 Å². The van der Waals surface area contributed by atoms with Gasteiger partial charge in [-0.1, -0.05) is 168 Å². The predicted octanol–water partition coefficient (Wildman–Crippen LogP) is 12.5. The van der Waals surface area contributed by atoms with E-state index in [4.69, 9.17) is 14.2 Å². The highest BCUT2D eigenvalue weighted by Crippen LogP contribution is 2.46. The van der Waals surface area contributed by atoms with Crippen molar-refractivity contribution in [2.45, 2.75) is 19.6 Å². The molecule has 8 heteroatoms. The quantitative estimate of drug-likeness (QED) is 0.148. The number of ether oxygens (including phenoxy) is 3. The van der Waals surface area contributed by atoms with Gasteiger partial charge in [0.2, 0.25) is 0 Å². The molecule has 68 heavy (non-hydrogen) atoms. The van der Waals surface area contributed by atoms with Crippen LogP contribution in [0, 0.1) is 0 Å². The molecule has 0 bridgehead atoms. The number of benzene rings is 10. The summed E-state index contributed by atoms with van der Waals surface area (Å²) in [6, 6.07) is 79.7. The van der Waals surface area contributed by atoms with E-state index in [1.807, 2.05) is 66.0 Å². The van der Waals surface area contributed by atoms with Crippen LogP contribution in [0.25, 0.3) is 22.3 Å². The summed E-state index contributed by atoms with van der Waals surface area (Å²) in [4.78, 5) is 7.26. The molecule has 0 amide bonds. The number of fused-ring (bicyclic) bond motifs is 8. The Labute approximate surface area is 404 Å². The fourth-order valence-electron chi connectivity index (χ4n) is 10.6. The van der Waals surface area contributed by atoms with Crippen LogP contribution in [0.5, 0.6) is 34.5 Å². The Kier molecular flexibility index (Phi) is 9.24. The summed E-state index contributed by atoms with van der Waals surface area (Å²) in [5, 5.41) is 0. The van der Waals surface area contributed by atoms with Gasteiger partial charge in [-0.2, -0.15) is 0 Å². The fraction of sp³-hybridized carbons (Fsp3) is 0. The van der Waals surface area contributed by atoms with Crippen molar-refractivity contribution in [2.24, 2.45) is 0 Å². The van der Waals surface area contributed by atoms with Gasteiger partial charge in [0, 0.05) is 43.1 Å². The molecule has 4 heterocycles. The molecule has 4 nitrogen and oxygen atoms in total. The van der Waals surface area contributed by atoms with Crippen LogP contribution >= 0.6 is 23.5 Å². The minimum Gasteiger partial charge on any atom is -0.458 e. The molecule has 0 saturated carbocycles. The van der Waals surface area contributed by atoms with E-state index in [9.17, 15) is 0 Å². The lowest BCUT2D eigenvalue weighted by atomic mass is 9.32. The second kappa shape index (κ2) is 15.9. The van der Waals surface area contributed by atoms with Gasteiger partial charge in [-0.05, 0) is 123 Å². The number of para-hydroxylation sites is 3. The van der Waals surface area contributed by atoms with Crippen LogP contribution < -0.4 is 51.9 Å². The zero-order chi connectivity index (χ0) is 44.7. The van der Waals surface area contributed by atoms with Gasteiger partial charge in [0.1, 0.15) is 34.5 Å². The summed E-state index contributed by atoms with van der Waals surface area (Å²) in [7, 11) is 0. The van der Waals surface area contributed by atoms with E-state index in [1.54, 1.807) is 0 Å². The van der Waals surface area contributed by atoms with Crippen molar-refractivity contribution in [3.05, 3.63) is 224 Å². The third-order valence-electron chi connectivity index (χ3n) is 13.5. The maximum Gasteiger partial charge on any atom is 0.253 e. The lowest BCUT2D eigenvalue weighted by Gasteiger charge is -2.37. The third kappa shape index (κ3) is 6.50. The largest absolute Gasteiger partial charge is 0.458 e. The van der Waals surface area contributed by atoms with E-state index in [0.29, 0.717) is 0 Å². The number of hydrogen-bond acceptors (Lipinski definition) is 6. The monoisotopic (exact) mass is 905 g/mol.